The van der Waals surface area contributed by atoms with Crippen LogP contribution in [0.4, 0.5) is 0 Å². The van der Waals surface area contributed by atoms with Crippen molar-refractivity contribution in [1.29, 1.82) is 0 Å². The maximum atomic E-state index is 12.2. The predicted octanol–water partition coefficient (Wildman–Crippen LogP) is 3.15. The van der Waals surface area contributed by atoms with Gasteiger partial charge in [0, 0.05) is 17.9 Å². The third-order valence-electron chi connectivity index (χ3n) is 3.80. The van der Waals surface area contributed by atoms with Crippen LogP contribution in [-0.4, -0.2) is 11.6 Å². The molecule has 2 heteroatoms. The molecule has 19 heavy (non-hydrogen) atoms. The van der Waals surface area contributed by atoms with Crippen molar-refractivity contribution in [3.63, 3.8) is 0 Å². The summed E-state index contributed by atoms with van der Waals surface area (Å²) < 4.78 is 0. The summed E-state index contributed by atoms with van der Waals surface area (Å²) in [5.41, 5.74) is 3.58. The SMILES string of the molecule is CC1c2ccccc2CC(=O)C(=O)c2ccccc21. The van der Waals surface area contributed by atoms with E-state index in [0.29, 0.717) is 5.56 Å². The molecule has 0 aromatic heterocycles. The van der Waals surface area contributed by atoms with Crippen LogP contribution >= 0.6 is 0 Å². The number of hydrogen-bond acceptors (Lipinski definition) is 2. The van der Waals surface area contributed by atoms with Crippen LogP contribution < -0.4 is 0 Å². The summed E-state index contributed by atoms with van der Waals surface area (Å²) in [5, 5.41) is 0. The highest BCUT2D eigenvalue weighted by Gasteiger charge is 2.27. The minimum Gasteiger partial charge on any atom is -0.290 e. The molecule has 2 aromatic carbocycles. The second-order valence-corrected chi connectivity index (χ2v) is 4.94. The van der Waals surface area contributed by atoms with Crippen LogP contribution in [0, 0.1) is 0 Å². The van der Waals surface area contributed by atoms with Crippen molar-refractivity contribution in [2.24, 2.45) is 0 Å². The standard InChI is InChI=1S/C17H14O2/c1-11-13-7-3-2-6-12(13)10-16(18)17(19)15-9-5-4-8-14(11)15/h2-9,11H,10H2,1H3. The van der Waals surface area contributed by atoms with Gasteiger partial charge in [-0.1, -0.05) is 55.5 Å². The fourth-order valence-corrected chi connectivity index (χ4v) is 2.77. The Balaban J connectivity index is 2.27. The van der Waals surface area contributed by atoms with Crippen molar-refractivity contribution >= 4 is 11.6 Å². The summed E-state index contributed by atoms with van der Waals surface area (Å²) in [5.74, 6) is -0.562. The zero-order valence-electron chi connectivity index (χ0n) is 10.7. The topological polar surface area (TPSA) is 34.1 Å². The molecule has 1 aliphatic carbocycles. The first-order valence-electron chi connectivity index (χ1n) is 6.42. The molecule has 0 N–H and O–H groups in total. The molecule has 0 heterocycles. The van der Waals surface area contributed by atoms with Crippen molar-refractivity contribution < 1.29 is 9.59 Å². The predicted molar refractivity (Wildman–Crippen MR) is 73.4 cm³/mol. The lowest BCUT2D eigenvalue weighted by Crippen LogP contribution is -2.22. The third kappa shape index (κ3) is 1.89. The van der Waals surface area contributed by atoms with Gasteiger partial charge in [0.05, 0.1) is 0 Å². The molecule has 0 radical (unpaired) electrons. The molecule has 0 fully saturated rings. The molecule has 1 unspecified atom stereocenters. The molecule has 94 valence electrons. The summed E-state index contributed by atoms with van der Waals surface area (Å²) in [6.07, 6.45) is 0.202. The van der Waals surface area contributed by atoms with Crippen molar-refractivity contribution in [3.05, 3.63) is 70.8 Å². The minimum absolute atomic E-state index is 0.129. The number of rotatable bonds is 0. The molecule has 0 spiro atoms. The van der Waals surface area contributed by atoms with Crippen LogP contribution in [0.2, 0.25) is 0 Å². The first-order valence-corrected chi connectivity index (χ1v) is 6.42. The number of ketones is 2. The zero-order chi connectivity index (χ0) is 13.4. The van der Waals surface area contributed by atoms with Gasteiger partial charge in [0.25, 0.3) is 0 Å². The Kier molecular flexibility index (Phi) is 2.79. The molecule has 0 amide bonds. The molecule has 0 aliphatic heterocycles. The molecule has 1 aliphatic rings. The van der Waals surface area contributed by atoms with Gasteiger partial charge in [-0.05, 0) is 16.7 Å². The Morgan fingerprint density at radius 3 is 2.32 bits per heavy atom. The van der Waals surface area contributed by atoms with Gasteiger partial charge in [0.1, 0.15) is 0 Å². The van der Waals surface area contributed by atoms with E-state index >= 15 is 0 Å². The fraction of sp³-hybridized carbons (Fsp3) is 0.176. The van der Waals surface area contributed by atoms with Gasteiger partial charge >= 0.3 is 0 Å². The van der Waals surface area contributed by atoms with Crippen molar-refractivity contribution in [2.45, 2.75) is 19.3 Å². The molecular formula is C17H14O2. The summed E-state index contributed by atoms with van der Waals surface area (Å²) in [6, 6.07) is 15.3. The highest BCUT2D eigenvalue weighted by atomic mass is 16.2. The van der Waals surface area contributed by atoms with Crippen molar-refractivity contribution in [1.82, 2.24) is 0 Å². The Bertz CT molecular complexity index is 670. The lowest BCUT2D eigenvalue weighted by molar-refractivity contribution is -0.114. The molecule has 1 atom stereocenters. The van der Waals surface area contributed by atoms with Gasteiger partial charge in [0.15, 0.2) is 0 Å². The molecule has 0 bridgehead atoms. The Morgan fingerprint density at radius 1 is 0.895 bits per heavy atom. The Labute approximate surface area is 112 Å². The van der Waals surface area contributed by atoms with Crippen LogP contribution in [0.1, 0.15) is 39.9 Å². The average Bonchev–Trinajstić information content (AvgIpc) is 2.45. The van der Waals surface area contributed by atoms with E-state index in [9.17, 15) is 9.59 Å². The van der Waals surface area contributed by atoms with E-state index in [4.69, 9.17) is 0 Å². The summed E-state index contributed by atoms with van der Waals surface area (Å²) in [4.78, 5) is 24.2. The molecule has 0 saturated heterocycles. The fourth-order valence-electron chi connectivity index (χ4n) is 2.77. The summed E-state index contributed by atoms with van der Waals surface area (Å²) in [6.45, 7) is 2.08. The van der Waals surface area contributed by atoms with E-state index in [1.807, 2.05) is 42.5 Å². The second-order valence-electron chi connectivity index (χ2n) is 4.94. The lowest BCUT2D eigenvalue weighted by Gasteiger charge is -2.21. The molecule has 3 rings (SSSR count). The van der Waals surface area contributed by atoms with Crippen molar-refractivity contribution in [2.75, 3.05) is 0 Å². The highest BCUT2D eigenvalue weighted by Crippen LogP contribution is 2.32. The number of Topliss-reactive ketones (excluding diaryl/α,β-unsaturated/α-hetero) is 2. The molecule has 2 nitrogen and oxygen atoms in total. The quantitative estimate of drug-likeness (QED) is 0.673. The van der Waals surface area contributed by atoms with Crippen LogP contribution in [0.3, 0.4) is 0 Å². The smallest absolute Gasteiger partial charge is 0.229 e. The summed E-state index contributed by atoms with van der Waals surface area (Å²) >= 11 is 0. The van der Waals surface area contributed by atoms with Gasteiger partial charge in [-0.3, -0.25) is 9.59 Å². The number of fused-ring (bicyclic) bond motifs is 2. The van der Waals surface area contributed by atoms with E-state index in [1.54, 1.807) is 6.07 Å². The van der Waals surface area contributed by atoms with E-state index in [2.05, 4.69) is 6.92 Å². The lowest BCUT2D eigenvalue weighted by atomic mass is 9.81. The maximum Gasteiger partial charge on any atom is 0.229 e. The normalized spacial score (nSPS) is 18.3. The molecule has 0 saturated carbocycles. The van der Waals surface area contributed by atoms with Gasteiger partial charge in [0.2, 0.25) is 11.6 Å². The monoisotopic (exact) mass is 250 g/mol. The molecule has 2 aromatic rings. The number of carbonyl (C=O) groups excluding carboxylic acids is 2. The van der Waals surface area contributed by atoms with Gasteiger partial charge in [-0.25, -0.2) is 0 Å². The maximum absolute atomic E-state index is 12.2. The second kappa shape index (κ2) is 4.47. The van der Waals surface area contributed by atoms with Crippen LogP contribution in [-0.2, 0) is 11.2 Å². The zero-order valence-corrected chi connectivity index (χ0v) is 10.7. The first-order chi connectivity index (χ1) is 9.18. The Hall–Kier alpha value is -2.22. The third-order valence-corrected chi connectivity index (χ3v) is 3.80. The van der Waals surface area contributed by atoms with Crippen molar-refractivity contribution in [3.8, 4) is 0 Å². The van der Waals surface area contributed by atoms with E-state index in [-0.39, 0.29) is 23.9 Å². The van der Waals surface area contributed by atoms with Crippen LogP contribution in [0.5, 0.6) is 0 Å². The number of hydrogen-bond donors (Lipinski definition) is 0. The van der Waals surface area contributed by atoms with Gasteiger partial charge in [-0.15, -0.1) is 0 Å². The summed E-state index contributed by atoms with van der Waals surface area (Å²) in [7, 11) is 0. The largest absolute Gasteiger partial charge is 0.290 e. The van der Waals surface area contributed by atoms with Gasteiger partial charge < -0.3 is 0 Å². The van der Waals surface area contributed by atoms with E-state index in [1.165, 1.54) is 0 Å². The average molecular weight is 250 g/mol. The van der Waals surface area contributed by atoms with E-state index < -0.39 is 0 Å². The number of carbonyl (C=O) groups is 2. The van der Waals surface area contributed by atoms with Gasteiger partial charge in [-0.2, -0.15) is 0 Å². The Morgan fingerprint density at radius 2 is 1.53 bits per heavy atom. The molecular weight excluding hydrogens is 236 g/mol. The van der Waals surface area contributed by atoms with E-state index in [0.717, 1.165) is 16.7 Å². The highest BCUT2D eigenvalue weighted by molar-refractivity contribution is 6.44. The number of benzene rings is 2. The van der Waals surface area contributed by atoms with Crippen LogP contribution in [0.15, 0.2) is 48.5 Å². The first kappa shape index (κ1) is 11.8. The minimum atomic E-state index is -0.364. The van der Waals surface area contributed by atoms with Crippen LogP contribution in [0.25, 0.3) is 0 Å².